The van der Waals surface area contributed by atoms with Gasteiger partial charge >= 0.3 is 5.97 Å². The number of Topliss-reactive ketones (excluding diaryl/α,β-unsaturated/α-hetero) is 1. The van der Waals surface area contributed by atoms with Crippen LogP contribution in [0.4, 0.5) is 8.78 Å². The van der Waals surface area contributed by atoms with Crippen molar-refractivity contribution in [3.8, 4) is 0 Å². The van der Waals surface area contributed by atoms with E-state index in [1.165, 1.54) is 19.1 Å². The maximum atomic E-state index is 17.2. The Morgan fingerprint density at radius 3 is 2.55 bits per heavy atom. The molecule has 182 valence electrons. The lowest BCUT2D eigenvalue weighted by molar-refractivity contribution is -0.230. The Kier molecular flexibility index (Phi) is 5.73. The molecular weight excluding hydrogens is 454 g/mol. The molecule has 5 nitrogen and oxygen atoms in total. The molecule has 3 fully saturated rings. The topological polar surface area (TPSA) is 80.7 Å². The highest BCUT2D eigenvalue weighted by Crippen LogP contribution is 2.71. The molecule has 0 radical (unpaired) electrons. The largest absolute Gasteiger partial charge is 0.450 e. The summed E-state index contributed by atoms with van der Waals surface area (Å²) in [4.78, 5) is 37.7. The number of ketones is 2. The fraction of sp³-hybridized carbons (Fsp3) is 0.720. The van der Waals surface area contributed by atoms with Gasteiger partial charge in [0, 0.05) is 29.1 Å². The van der Waals surface area contributed by atoms with E-state index in [9.17, 15) is 19.5 Å². The quantitative estimate of drug-likeness (QED) is 0.481. The van der Waals surface area contributed by atoms with Gasteiger partial charge in [0.1, 0.15) is 6.17 Å². The lowest BCUT2D eigenvalue weighted by Gasteiger charge is -2.63. The van der Waals surface area contributed by atoms with Gasteiger partial charge in [-0.15, -0.1) is 11.6 Å². The number of rotatable bonds is 4. The van der Waals surface area contributed by atoms with Gasteiger partial charge in [-0.2, -0.15) is 0 Å². The zero-order valence-electron chi connectivity index (χ0n) is 19.4. The predicted octanol–water partition coefficient (Wildman–Crippen LogP) is 4.05. The molecule has 4 rings (SSSR count). The number of allylic oxidation sites excluding steroid dienone is 4. The highest BCUT2D eigenvalue weighted by atomic mass is 35.5. The summed E-state index contributed by atoms with van der Waals surface area (Å²) in [6.07, 6.45) is 0.584. The number of alkyl halides is 3. The molecule has 0 aliphatic heterocycles. The van der Waals surface area contributed by atoms with Crippen molar-refractivity contribution in [2.45, 2.75) is 76.9 Å². The maximum Gasteiger partial charge on any atom is 0.306 e. The molecule has 3 saturated carbocycles. The number of hydrogen-bond donors (Lipinski definition) is 1. The highest BCUT2D eigenvalue weighted by molar-refractivity contribution is 6.29. The number of halogens is 3. The Hall–Kier alpha value is -1.60. The number of carbonyl (C=O) groups excluding carboxylic acids is 3. The van der Waals surface area contributed by atoms with E-state index in [0.29, 0.717) is 6.42 Å². The summed E-state index contributed by atoms with van der Waals surface area (Å²) >= 11 is 5.97. The standard InChI is InChI=1S/C25H31ClF2O5/c1-5-21(32)33-25(20(31)12-26)13(2)8-15-16-10-18(27)17-9-14(29)6-7-22(17,3)24(16,28)19(30)11-23(15,25)4/h6-7,9,13,15-16,18-19,30H,5,8,10-12H2,1-4H3/t13-,15+,16+,18-,19-,22-,23+,24+,25+/m0/s1. The molecule has 0 aromatic carbocycles. The molecule has 0 amide bonds. The Morgan fingerprint density at radius 1 is 1.27 bits per heavy atom. The molecule has 0 aromatic heterocycles. The van der Waals surface area contributed by atoms with Gasteiger partial charge in [0.2, 0.25) is 0 Å². The third-order valence-electron chi connectivity index (χ3n) is 9.27. The van der Waals surface area contributed by atoms with Gasteiger partial charge in [0.15, 0.2) is 22.8 Å². The predicted molar refractivity (Wildman–Crippen MR) is 118 cm³/mol. The molecule has 0 aromatic rings. The molecule has 9 atom stereocenters. The van der Waals surface area contributed by atoms with Crippen molar-refractivity contribution in [1.82, 2.24) is 0 Å². The van der Waals surface area contributed by atoms with Gasteiger partial charge in [-0.3, -0.25) is 14.4 Å². The normalized spacial score (nSPS) is 48.4. The van der Waals surface area contributed by atoms with Gasteiger partial charge in [0.25, 0.3) is 0 Å². The van der Waals surface area contributed by atoms with Crippen LogP contribution in [0.3, 0.4) is 0 Å². The molecule has 0 unspecified atom stereocenters. The number of fused-ring (bicyclic) bond motifs is 5. The summed E-state index contributed by atoms with van der Waals surface area (Å²) in [7, 11) is 0. The van der Waals surface area contributed by atoms with Crippen molar-refractivity contribution < 1.29 is 33.0 Å². The van der Waals surface area contributed by atoms with Crippen LogP contribution in [0.25, 0.3) is 0 Å². The number of hydrogen-bond acceptors (Lipinski definition) is 5. The van der Waals surface area contributed by atoms with Gasteiger partial charge < -0.3 is 9.84 Å². The number of aliphatic hydroxyl groups is 1. The van der Waals surface area contributed by atoms with Gasteiger partial charge in [0.05, 0.1) is 12.0 Å². The molecule has 0 saturated heterocycles. The fourth-order valence-electron chi connectivity index (χ4n) is 7.74. The first kappa shape index (κ1) is 24.5. The van der Waals surface area contributed by atoms with Crippen molar-refractivity contribution in [2.24, 2.45) is 28.6 Å². The molecule has 0 bridgehead atoms. The van der Waals surface area contributed by atoms with E-state index in [2.05, 4.69) is 0 Å². The lowest BCUT2D eigenvalue weighted by Crippen LogP contribution is -2.71. The van der Waals surface area contributed by atoms with E-state index < -0.39 is 75.5 Å². The van der Waals surface area contributed by atoms with Gasteiger partial charge in [-0.25, -0.2) is 8.78 Å². The SMILES string of the molecule is CCC(=O)O[C@@]1(C(=O)CCl)[C@@H](C)C[C@@H]2[C@H]3C[C@H](F)C4=CC(=O)C=C[C@]4(C)[C@]3(F)[C@@H](O)C[C@]21C. The molecule has 33 heavy (non-hydrogen) atoms. The number of esters is 1. The second-order valence-corrected chi connectivity index (χ2v) is 10.9. The summed E-state index contributed by atoms with van der Waals surface area (Å²) in [5, 5.41) is 11.4. The minimum absolute atomic E-state index is 0.0431. The Balaban J connectivity index is 1.88. The summed E-state index contributed by atoms with van der Waals surface area (Å²) in [6, 6.07) is 0. The molecule has 1 N–H and O–H groups in total. The van der Waals surface area contributed by atoms with E-state index in [-0.39, 0.29) is 24.8 Å². The van der Waals surface area contributed by atoms with Crippen LogP contribution in [-0.4, -0.2) is 52.1 Å². The average Bonchev–Trinajstić information content (AvgIpc) is 2.98. The van der Waals surface area contributed by atoms with Crippen LogP contribution >= 0.6 is 11.6 Å². The van der Waals surface area contributed by atoms with E-state index >= 15 is 8.78 Å². The highest BCUT2D eigenvalue weighted by Gasteiger charge is 2.77. The molecule has 8 heteroatoms. The van der Waals surface area contributed by atoms with Crippen LogP contribution in [0, 0.1) is 28.6 Å². The van der Waals surface area contributed by atoms with Crippen molar-refractivity contribution in [1.29, 1.82) is 0 Å². The summed E-state index contributed by atoms with van der Waals surface area (Å²) in [5.74, 6) is -3.84. The molecular formula is C25H31ClF2O5. The maximum absolute atomic E-state index is 17.2. The number of ether oxygens (including phenoxy) is 1. The third-order valence-corrected chi connectivity index (χ3v) is 9.51. The summed E-state index contributed by atoms with van der Waals surface area (Å²) < 4.78 is 38.5. The second kappa shape index (κ2) is 7.70. The minimum Gasteiger partial charge on any atom is -0.450 e. The van der Waals surface area contributed by atoms with Crippen LogP contribution in [-0.2, 0) is 19.1 Å². The van der Waals surface area contributed by atoms with Crippen molar-refractivity contribution in [2.75, 3.05) is 5.88 Å². The van der Waals surface area contributed by atoms with Crippen LogP contribution in [0.5, 0.6) is 0 Å². The Labute approximate surface area is 197 Å². The van der Waals surface area contributed by atoms with Crippen LogP contribution < -0.4 is 0 Å². The second-order valence-electron chi connectivity index (χ2n) is 10.6. The summed E-state index contributed by atoms with van der Waals surface area (Å²) in [6.45, 7) is 6.64. The average molecular weight is 485 g/mol. The zero-order chi connectivity index (χ0) is 24.6. The molecule has 0 spiro atoms. The smallest absolute Gasteiger partial charge is 0.306 e. The van der Waals surface area contributed by atoms with Gasteiger partial charge in [-0.05, 0) is 49.8 Å². The molecule has 4 aliphatic carbocycles. The Morgan fingerprint density at radius 2 is 1.94 bits per heavy atom. The number of carbonyl (C=O) groups is 3. The zero-order valence-corrected chi connectivity index (χ0v) is 20.1. The van der Waals surface area contributed by atoms with Crippen molar-refractivity contribution in [3.63, 3.8) is 0 Å². The van der Waals surface area contributed by atoms with E-state index in [1.54, 1.807) is 20.8 Å². The molecule has 4 aliphatic rings. The van der Waals surface area contributed by atoms with E-state index in [4.69, 9.17) is 16.3 Å². The first-order valence-corrected chi connectivity index (χ1v) is 12.1. The van der Waals surface area contributed by atoms with Crippen molar-refractivity contribution >= 4 is 29.1 Å². The minimum atomic E-state index is -2.25. The first-order chi connectivity index (χ1) is 15.3. The van der Waals surface area contributed by atoms with E-state index in [1.807, 2.05) is 0 Å². The van der Waals surface area contributed by atoms with Crippen molar-refractivity contribution in [3.05, 3.63) is 23.8 Å². The Bertz CT molecular complexity index is 964. The van der Waals surface area contributed by atoms with Gasteiger partial charge in [-0.1, -0.05) is 26.8 Å². The van der Waals surface area contributed by atoms with Crippen LogP contribution in [0.15, 0.2) is 23.8 Å². The fourth-order valence-corrected chi connectivity index (χ4v) is 7.94. The first-order valence-electron chi connectivity index (χ1n) is 11.6. The third kappa shape index (κ3) is 2.87. The number of aliphatic hydroxyl groups excluding tert-OH is 1. The summed E-state index contributed by atoms with van der Waals surface area (Å²) in [5.41, 5.74) is -6.47. The van der Waals surface area contributed by atoms with Crippen LogP contribution in [0.2, 0.25) is 0 Å². The van der Waals surface area contributed by atoms with E-state index in [0.717, 1.165) is 6.08 Å². The lowest BCUT2D eigenvalue weighted by atomic mass is 9.44. The monoisotopic (exact) mass is 484 g/mol. The van der Waals surface area contributed by atoms with Crippen LogP contribution in [0.1, 0.15) is 53.4 Å². The molecule has 0 heterocycles.